The molecule has 0 unspecified atom stereocenters. The van der Waals surface area contributed by atoms with Crippen molar-refractivity contribution in [2.45, 2.75) is 25.4 Å². The lowest BCUT2D eigenvalue weighted by molar-refractivity contribution is -0.00306. The Hall–Kier alpha value is -3.84. The van der Waals surface area contributed by atoms with Crippen LogP contribution in [0.2, 0.25) is 5.02 Å². The lowest BCUT2D eigenvalue weighted by Gasteiger charge is -2.24. The largest absolute Gasteiger partial charge is 0.449 e. The smallest absolute Gasteiger partial charge is 0.411 e. The molecule has 184 valence electrons. The summed E-state index contributed by atoms with van der Waals surface area (Å²) < 4.78 is 10.8. The molecule has 2 aliphatic heterocycles. The van der Waals surface area contributed by atoms with E-state index in [1.807, 2.05) is 49.4 Å². The molecule has 0 aromatic heterocycles. The van der Waals surface area contributed by atoms with Crippen LogP contribution < -0.4 is 5.32 Å². The third-order valence-electron chi connectivity index (χ3n) is 6.52. The van der Waals surface area contributed by atoms with Gasteiger partial charge >= 0.3 is 12.1 Å². The zero-order valence-corrected chi connectivity index (χ0v) is 20.5. The second kappa shape index (κ2) is 9.66. The van der Waals surface area contributed by atoms with E-state index in [4.69, 9.17) is 21.1 Å². The van der Waals surface area contributed by atoms with Crippen LogP contribution in [-0.4, -0.2) is 42.6 Å². The predicted octanol–water partition coefficient (Wildman–Crippen LogP) is 5.88. The highest BCUT2D eigenvalue weighted by Crippen LogP contribution is 2.43. The van der Waals surface area contributed by atoms with Crippen molar-refractivity contribution in [3.05, 3.63) is 88.4 Å². The van der Waals surface area contributed by atoms with Gasteiger partial charge in [0.15, 0.2) is 5.60 Å². The molecule has 3 aromatic carbocycles. The van der Waals surface area contributed by atoms with Crippen LogP contribution in [-0.2, 0) is 15.1 Å². The Morgan fingerprint density at radius 2 is 1.89 bits per heavy atom. The molecule has 1 spiro atoms. The monoisotopic (exact) mass is 504 g/mol. The second-order valence-corrected chi connectivity index (χ2v) is 9.35. The summed E-state index contributed by atoms with van der Waals surface area (Å²) in [5, 5.41) is 3.03. The molecule has 5 rings (SSSR count). The number of carbonyl (C=O) groups is 3. The van der Waals surface area contributed by atoms with Crippen LogP contribution in [0.3, 0.4) is 0 Å². The minimum absolute atomic E-state index is 0.210. The van der Waals surface area contributed by atoms with E-state index in [0.29, 0.717) is 41.4 Å². The van der Waals surface area contributed by atoms with Gasteiger partial charge in [0.2, 0.25) is 0 Å². The number of halogens is 1. The Morgan fingerprint density at radius 3 is 2.69 bits per heavy atom. The van der Waals surface area contributed by atoms with Crippen LogP contribution in [0.5, 0.6) is 0 Å². The normalized spacial score (nSPS) is 18.2. The molecule has 0 aliphatic carbocycles. The van der Waals surface area contributed by atoms with Crippen molar-refractivity contribution in [1.29, 1.82) is 0 Å². The van der Waals surface area contributed by atoms with Crippen LogP contribution >= 0.6 is 11.6 Å². The minimum atomic E-state index is -0.804. The topological polar surface area (TPSA) is 84.9 Å². The molecule has 1 saturated heterocycles. The number of hydrogen-bond donors (Lipinski definition) is 1. The molecular formula is C28H25ClN2O5. The van der Waals surface area contributed by atoms with Crippen LogP contribution in [0.15, 0.2) is 66.7 Å². The number of nitrogens with zero attached hydrogens (tertiary/aromatic N) is 1. The molecule has 0 saturated carbocycles. The minimum Gasteiger partial charge on any atom is -0.449 e. The second-order valence-electron chi connectivity index (χ2n) is 8.94. The van der Waals surface area contributed by atoms with Gasteiger partial charge in [0.25, 0.3) is 5.91 Å². The summed E-state index contributed by atoms with van der Waals surface area (Å²) in [6.07, 6.45) is 0.776. The molecule has 2 amide bonds. The van der Waals surface area contributed by atoms with Crippen molar-refractivity contribution in [2.75, 3.05) is 25.0 Å². The van der Waals surface area contributed by atoms with Gasteiger partial charge < -0.3 is 14.4 Å². The van der Waals surface area contributed by atoms with Crippen molar-refractivity contribution in [1.82, 2.24) is 4.90 Å². The average Bonchev–Trinajstić information content (AvgIpc) is 3.43. The van der Waals surface area contributed by atoms with E-state index in [9.17, 15) is 14.4 Å². The van der Waals surface area contributed by atoms with Crippen molar-refractivity contribution in [3.8, 4) is 11.1 Å². The molecule has 2 heterocycles. The fourth-order valence-corrected chi connectivity index (χ4v) is 5.03. The van der Waals surface area contributed by atoms with Gasteiger partial charge in [-0.05, 0) is 47.9 Å². The van der Waals surface area contributed by atoms with Crippen LogP contribution in [0.1, 0.15) is 46.0 Å². The molecule has 2 aliphatic rings. The van der Waals surface area contributed by atoms with E-state index < -0.39 is 11.7 Å². The van der Waals surface area contributed by atoms with Crippen LogP contribution in [0.4, 0.5) is 10.5 Å². The van der Waals surface area contributed by atoms with Gasteiger partial charge in [0.1, 0.15) is 0 Å². The fraction of sp³-hybridized carbons (Fsp3) is 0.250. The number of esters is 1. The molecular weight excluding hydrogens is 480 g/mol. The number of nitrogens with one attached hydrogen (secondary N) is 1. The van der Waals surface area contributed by atoms with E-state index in [0.717, 1.165) is 23.1 Å². The summed E-state index contributed by atoms with van der Waals surface area (Å²) in [7, 11) is 0. The van der Waals surface area contributed by atoms with Gasteiger partial charge in [0.05, 0.1) is 29.3 Å². The van der Waals surface area contributed by atoms with Crippen LogP contribution in [0, 0.1) is 0 Å². The number of hydrogen-bond acceptors (Lipinski definition) is 5. The Morgan fingerprint density at radius 1 is 1.08 bits per heavy atom. The van der Waals surface area contributed by atoms with Gasteiger partial charge in [-0.25, -0.2) is 9.59 Å². The lowest BCUT2D eigenvalue weighted by atomic mass is 9.91. The van der Waals surface area contributed by atoms with E-state index >= 15 is 0 Å². The zero-order chi connectivity index (χ0) is 25.3. The molecule has 0 bridgehead atoms. The first-order valence-corrected chi connectivity index (χ1v) is 12.2. The summed E-state index contributed by atoms with van der Waals surface area (Å²) in [6.45, 7) is 3.02. The summed E-state index contributed by atoms with van der Waals surface area (Å²) in [5.74, 6) is -0.560. The van der Waals surface area contributed by atoms with Crippen molar-refractivity contribution < 1.29 is 23.9 Å². The molecule has 36 heavy (non-hydrogen) atoms. The maximum absolute atomic E-state index is 13.4. The fourth-order valence-electron chi connectivity index (χ4n) is 4.77. The average molecular weight is 505 g/mol. The number of anilines is 1. The van der Waals surface area contributed by atoms with Gasteiger partial charge in [-0.2, -0.15) is 0 Å². The molecule has 1 atom stereocenters. The van der Waals surface area contributed by atoms with Crippen LogP contribution in [0.25, 0.3) is 11.1 Å². The van der Waals surface area contributed by atoms with Gasteiger partial charge in [-0.3, -0.25) is 10.1 Å². The number of amides is 2. The lowest BCUT2D eigenvalue weighted by Crippen LogP contribution is -2.34. The van der Waals surface area contributed by atoms with Crippen molar-refractivity contribution in [3.63, 3.8) is 0 Å². The Labute approximate surface area is 214 Å². The third-order valence-corrected chi connectivity index (χ3v) is 6.84. The first-order chi connectivity index (χ1) is 17.4. The highest BCUT2D eigenvalue weighted by Gasteiger charge is 2.51. The maximum atomic E-state index is 13.4. The van der Waals surface area contributed by atoms with E-state index in [1.54, 1.807) is 29.2 Å². The van der Waals surface area contributed by atoms with Gasteiger partial charge in [-0.1, -0.05) is 54.9 Å². The first kappa shape index (κ1) is 23.9. The molecule has 1 fully saturated rings. The number of carbonyl (C=O) groups excluding carboxylic acids is 3. The standard InChI is InChI=1S/C28H25ClN2O5/c1-2-14-35-27(34)30-20-7-5-6-18(15-20)19-10-11-22(24(29)16-19)25(32)31-13-12-28(17-31)23-9-4-3-8-21(23)26(33)36-28/h3-11,15-16H,2,12-14,17H2,1H3,(H,30,34)/t28-/m0/s1. The number of fused-ring (bicyclic) bond motifs is 2. The summed E-state index contributed by atoms with van der Waals surface area (Å²) in [6, 6.07) is 19.9. The molecule has 7 nitrogen and oxygen atoms in total. The van der Waals surface area contributed by atoms with E-state index in [2.05, 4.69) is 5.32 Å². The molecule has 0 radical (unpaired) electrons. The Bertz CT molecular complexity index is 1360. The number of rotatable bonds is 5. The van der Waals surface area contributed by atoms with Gasteiger partial charge in [-0.15, -0.1) is 0 Å². The highest BCUT2D eigenvalue weighted by atomic mass is 35.5. The third kappa shape index (κ3) is 4.42. The first-order valence-electron chi connectivity index (χ1n) is 11.9. The van der Waals surface area contributed by atoms with Crippen molar-refractivity contribution >= 4 is 35.3 Å². The quantitative estimate of drug-likeness (QED) is 0.439. The summed E-state index contributed by atoms with van der Waals surface area (Å²) in [4.78, 5) is 39.3. The Balaban J connectivity index is 1.32. The maximum Gasteiger partial charge on any atom is 0.411 e. The zero-order valence-electron chi connectivity index (χ0n) is 19.8. The molecule has 3 aromatic rings. The molecule has 1 N–H and O–H groups in total. The van der Waals surface area contributed by atoms with E-state index in [-0.39, 0.29) is 18.4 Å². The molecule has 8 heteroatoms. The van der Waals surface area contributed by atoms with E-state index in [1.165, 1.54) is 0 Å². The van der Waals surface area contributed by atoms with Crippen molar-refractivity contribution in [2.24, 2.45) is 0 Å². The number of likely N-dealkylation sites (tertiary alicyclic amines) is 1. The Kier molecular flexibility index (Phi) is 6.41. The number of ether oxygens (including phenoxy) is 2. The summed E-state index contributed by atoms with van der Waals surface area (Å²) in [5.41, 5.74) is 3.20. The number of benzene rings is 3. The van der Waals surface area contributed by atoms with Gasteiger partial charge in [0, 0.05) is 24.2 Å². The SMILES string of the molecule is CCCOC(=O)Nc1cccc(-c2ccc(C(=O)N3CC[C@@]4(C3)OC(=O)c3ccccc34)c(Cl)c2)c1. The highest BCUT2D eigenvalue weighted by molar-refractivity contribution is 6.34. The summed E-state index contributed by atoms with van der Waals surface area (Å²) >= 11 is 6.57. The predicted molar refractivity (Wildman–Crippen MR) is 136 cm³/mol.